The Hall–Kier alpha value is 0.240. The minimum Gasteiger partial charge on any atom is -0.297 e. The summed E-state index contributed by atoms with van der Waals surface area (Å²) < 4.78 is 22.7. The molecule has 0 spiro atoms. The van der Waals surface area contributed by atoms with E-state index in [1.165, 1.54) is 11.4 Å². The molecule has 1 fully saturated rings. The highest BCUT2D eigenvalue weighted by Gasteiger charge is 2.38. The van der Waals surface area contributed by atoms with E-state index in [0.29, 0.717) is 0 Å². The fourth-order valence-electron chi connectivity index (χ4n) is 1.48. The normalized spacial score (nSPS) is 44.4. The maximum Gasteiger partial charge on any atom is 0.390 e. The SMILES string of the molecule is CCC1CC2C=CCS[P@](=O)(O2)O1. The van der Waals surface area contributed by atoms with E-state index in [2.05, 4.69) is 0 Å². The predicted molar refractivity (Wildman–Crippen MR) is 53.9 cm³/mol. The molecule has 3 nitrogen and oxygen atoms in total. The van der Waals surface area contributed by atoms with Gasteiger partial charge in [-0.15, -0.1) is 0 Å². The maximum absolute atomic E-state index is 11.9. The Kier molecular flexibility index (Phi) is 2.84. The lowest BCUT2D eigenvalue weighted by Crippen LogP contribution is -2.25. The lowest BCUT2D eigenvalue weighted by Gasteiger charge is -2.31. The molecule has 0 saturated carbocycles. The largest absolute Gasteiger partial charge is 0.390 e. The van der Waals surface area contributed by atoms with Crippen LogP contribution in [-0.4, -0.2) is 18.0 Å². The minimum absolute atomic E-state index is 0.000432. The molecule has 13 heavy (non-hydrogen) atoms. The Balaban J connectivity index is 2.17. The maximum atomic E-state index is 11.9. The molecule has 1 saturated heterocycles. The van der Waals surface area contributed by atoms with E-state index in [1.807, 2.05) is 19.1 Å². The lowest BCUT2D eigenvalue weighted by atomic mass is 10.1. The van der Waals surface area contributed by atoms with Crippen molar-refractivity contribution in [2.24, 2.45) is 0 Å². The molecule has 2 heterocycles. The molecule has 0 aliphatic carbocycles. The Morgan fingerprint density at radius 1 is 1.62 bits per heavy atom. The first-order chi connectivity index (χ1) is 6.22. The molecule has 5 heteroatoms. The monoisotopic (exact) mass is 220 g/mol. The summed E-state index contributed by atoms with van der Waals surface area (Å²) in [5, 5.41) is 0. The molecule has 74 valence electrons. The van der Waals surface area contributed by atoms with E-state index in [-0.39, 0.29) is 12.2 Å². The summed E-state index contributed by atoms with van der Waals surface area (Å²) in [5.74, 6) is 0.726. The molecule has 0 aromatic rings. The summed E-state index contributed by atoms with van der Waals surface area (Å²) in [5.41, 5.74) is 0. The van der Waals surface area contributed by atoms with Gasteiger partial charge in [0, 0.05) is 12.2 Å². The zero-order valence-electron chi connectivity index (χ0n) is 7.51. The smallest absolute Gasteiger partial charge is 0.297 e. The molecule has 0 radical (unpaired) electrons. The molecular formula is C8H13O3PS. The summed E-state index contributed by atoms with van der Waals surface area (Å²) in [6, 6.07) is 0. The van der Waals surface area contributed by atoms with Crippen molar-refractivity contribution in [3.8, 4) is 0 Å². The number of hydrogen-bond acceptors (Lipinski definition) is 4. The van der Waals surface area contributed by atoms with Crippen LogP contribution in [0.25, 0.3) is 0 Å². The molecule has 0 N–H and O–H groups in total. The van der Waals surface area contributed by atoms with Gasteiger partial charge in [-0.25, -0.2) is 4.57 Å². The van der Waals surface area contributed by atoms with Gasteiger partial charge in [0.15, 0.2) is 0 Å². The predicted octanol–water partition coefficient (Wildman–Crippen LogP) is 2.98. The molecule has 0 aromatic carbocycles. The highest BCUT2D eigenvalue weighted by molar-refractivity contribution is 8.55. The fraction of sp³-hybridized carbons (Fsp3) is 0.750. The van der Waals surface area contributed by atoms with Crippen LogP contribution < -0.4 is 0 Å². The van der Waals surface area contributed by atoms with Crippen molar-refractivity contribution in [2.75, 3.05) is 5.75 Å². The third-order valence-corrected chi connectivity index (χ3v) is 5.83. The van der Waals surface area contributed by atoms with Crippen molar-refractivity contribution in [1.29, 1.82) is 0 Å². The Bertz CT molecular complexity index is 266. The van der Waals surface area contributed by atoms with Crippen LogP contribution in [0.4, 0.5) is 0 Å². The summed E-state index contributed by atoms with van der Waals surface area (Å²) in [6.45, 7) is -0.780. The highest BCUT2D eigenvalue weighted by atomic mass is 32.7. The van der Waals surface area contributed by atoms with Gasteiger partial charge in [-0.3, -0.25) is 9.05 Å². The van der Waals surface area contributed by atoms with Crippen molar-refractivity contribution in [3.63, 3.8) is 0 Å². The second-order valence-corrected chi connectivity index (χ2v) is 7.21. The van der Waals surface area contributed by atoms with Gasteiger partial charge in [0.25, 0.3) is 0 Å². The van der Waals surface area contributed by atoms with E-state index < -0.39 is 6.80 Å². The van der Waals surface area contributed by atoms with Gasteiger partial charge in [0.1, 0.15) is 0 Å². The standard InChI is InChI=1S/C8H13O3PS/c1-2-7-6-8-4-3-5-13-12(9,10-7)11-8/h3-4,7-8H,2,5-6H2,1H3/t7?,8?,12-/m0/s1. The molecule has 2 bridgehead atoms. The summed E-state index contributed by atoms with van der Waals surface area (Å²) >= 11 is 1.28. The van der Waals surface area contributed by atoms with Crippen molar-refractivity contribution < 1.29 is 13.6 Å². The number of rotatable bonds is 1. The van der Waals surface area contributed by atoms with Gasteiger partial charge in [0.2, 0.25) is 0 Å². The van der Waals surface area contributed by atoms with Gasteiger partial charge in [-0.05, 0) is 17.8 Å². The fourth-order valence-corrected chi connectivity index (χ4v) is 4.98. The van der Waals surface area contributed by atoms with Gasteiger partial charge in [-0.1, -0.05) is 19.1 Å². The first-order valence-electron chi connectivity index (χ1n) is 4.50. The number of fused-ring (bicyclic) bond motifs is 2. The van der Waals surface area contributed by atoms with Crippen LogP contribution in [0, 0.1) is 0 Å². The van der Waals surface area contributed by atoms with Crippen LogP contribution >= 0.6 is 18.2 Å². The van der Waals surface area contributed by atoms with E-state index in [1.54, 1.807) is 0 Å². The second kappa shape index (κ2) is 3.77. The first kappa shape index (κ1) is 9.78. The molecule has 2 unspecified atom stereocenters. The first-order valence-corrected chi connectivity index (χ1v) is 7.63. The van der Waals surface area contributed by atoms with E-state index in [9.17, 15) is 4.57 Å². The van der Waals surface area contributed by atoms with Crippen LogP contribution in [0.1, 0.15) is 19.8 Å². The van der Waals surface area contributed by atoms with Crippen LogP contribution in [0.2, 0.25) is 0 Å². The quantitative estimate of drug-likeness (QED) is 0.502. The molecule has 2 rings (SSSR count). The van der Waals surface area contributed by atoms with E-state index in [4.69, 9.17) is 9.05 Å². The molecule has 2 aliphatic heterocycles. The Labute approximate surface area is 82.2 Å². The Morgan fingerprint density at radius 3 is 3.23 bits per heavy atom. The molecule has 2 aliphatic rings. The zero-order chi connectivity index (χ0) is 9.31. The van der Waals surface area contributed by atoms with E-state index in [0.717, 1.165) is 18.6 Å². The van der Waals surface area contributed by atoms with Crippen LogP contribution in [0.15, 0.2) is 12.2 Å². The third kappa shape index (κ3) is 2.18. The zero-order valence-corrected chi connectivity index (χ0v) is 9.22. The summed E-state index contributed by atoms with van der Waals surface area (Å²) in [7, 11) is 0. The average molecular weight is 220 g/mol. The van der Waals surface area contributed by atoms with Crippen molar-refractivity contribution >= 4 is 18.2 Å². The highest BCUT2D eigenvalue weighted by Crippen LogP contribution is 2.65. The minimum atomic E-state index is -2.83. The van der Waals surface area contributed by atoms with Crippen molar-refractivity contribution in [3.05, 3.63) is 12.2 Å². The lowest BCUT2D eigenvalue weighted by molar-refractivity contribution is 0.0601. The third-order valence-electron chi connectivity index (χ3n) is 2.17. The summed E-state index contributed by atoms with van der Waals surface area (Å²) in [6.07, 6.45) is 5.84. The summed E-state index contributed by atoms with van der Waals surface area (Å²) in [4.78, 5) is 0. The van der Waals surface area contributed by atoms with Crippen molar-refractivity contribution in [2.45, 2.75) is 32.0 Å². The molecule has 0 aromatic heterocycles. The van der Waals surface area contributed by atoms with Gasteiger partial charge >= 0.3 is 6.80 Å². The van der Waals surface area contributed by atoms with Crippen molar-refractivity contribution in [1.82, 2.24) is 0 Å². The van der Waals surface area contributed by atoms with Gasteiger partial charge < -0.3 is 0 Å². The van der Waals surface area contributed by atoms with Crippen LogP contribution in [0.5, 0.6) is 0 Å². The van der Waals surface area contributed by atoms with E-state index >= 15 is 0 Å². The molecular weight excluding hydrogens is 207 g/mol. The topological polar surface area (TPSA) is 35.5 Å². The van der Waals surface area contributed by atoms with Crippen LogP contribution in [0.3, 0.4) is 0 Å². The molecule has 0 amide bonds. The molecule has 3 atom stereocenters. The van der Waals surface area contributed by atoms with Gasteiger partial charge in [-0.2, -0.15) is 0 Å². The number of hydrogen-bond donors (Lipinski definition) is 0. The van der Waals surface area contributed by atoms with Gasteiger partial charge in [0.05, 0.1) is 12.2 Å². The average Bonchev–Trinajstić information content (AvgIpc) is 2.23. The Morgan fingerprint density at radius 2 is 2.46 bits per heavy atom. The second-order valence-electron chi connectivity index (χ2n) is 3.19. The van der Waals surface area contributed by atoms with Crippen LogP contribution in [-0.2, 0) is 13.6 Å².